The zero-order valence-electron chi connectivity index (χ0n) is 12.8. The molecule has 1 aromatic rings. The summed E-state index contributed by atoms with van der Waals surface area (Å²) in [5, 5.41) is 0. The number of hydrogen-bond donors (Lipinski definition) is 2. The van der Waals surface area contributed by atoms with E-state index >= 15 is 0 Å². The molecule has 1 heterocycles. The summed E-state index contributed by atoms with van der Waals surface area (Å²) in [4.78, 5) is 20.2. The second kappa shape index (κ2) is 7.94. The van der Waals surface area contributed by atoms with Crippen molar-refractivity contribution in [2.24, 2.45) is 5.84 Å². The number of hydrazine groups is 1. The number of amides is 1. The van der Waals surface area contributed by atoms with E-state index in [2.05, 4.69) is 48.2 Å². The maximum Gasteiger partial charge on any atom is 0.266 e. The molecule has 1 rings (SSSR count). The summed E-state index contributed by atoms with van der Waals surface area (Å²) >= 11 is 0. The first-order chi connectivity index (χ1) is 9.47. The molecule has 1 unspecified atom stereocenters. The molecule has 112 valence electrons. The van der Waals surface area contributed by atoms with Crippen LogP contribution >= 0.6 is 0 Å². The maximum absolute atomic E-state index is 11.3. The van der Waals surface area contributed by atoms with E-state index < -0.39 is 0 Å². The van der Waals surface area contributed by atoms with E-state index in [1.807, 2.05) is 6.07 Å². The maximum atomic E-state index is 11.3. The monoisotopic (exact) mass is 279 g/mol. The highest BCUT2D eigenvalue weighted by molar-refractivity contribution is 5.93. The van der Waals surface area contributed by atoms with Gasteiger partial charge >= 0.3 is 0 Å². The van der Waals surface area contributed by atoms with E-state index in [-0.39, 0.29) is 5.91 Å². The van der Waals surface area contributed by atoms with Crippen molar-refractivity contribution in [3.8, 4) is 0 Å². The molecular weight excluding hydrogens is 254 g/mol. The summed E-state index contributed by atoms with van der Waals surface area (Å²) in [5.41, 5.74) is 3.52. The number of nitrogens with one attached hydrogen (secondary N) is 1. The Labute approximate surface area is 120 Å². The van der Waals surface area contributed by atoms with Gasteiger partial charge in [0.05, 0.1) is 11.3 Å². The SMILES string of the molecule is CCN(Cc1ccc(C(=O)NN)cn1)C(C)CN(C)C. The summed E-state index contributed by atoms with van der Waals surface area (Å²) in [6.07, 6.45) is 1.56. The van der Waals surface area contributed by atoms with Crippen molar-refractivity contribution in [3.05, 3.63) is 29.6 Å². The number of rotatable bonds is 7. The Balaban J connectivity index is 2.68. The number of carbonyl (C=O) groups excluding carboxylic acids is 1. The Morgan fingerprint density at radius 3 is 2.60 bits per heavy atom. The smallest absolute Gasteiger partial charge is 0.266 e. The fraction of sp³-hybridized carbons (Fsp3) is 0.571. The normalized spacial score (nSPS) is 12.8. The van der Waals surface area contributed by atoms with Crippen LogP contribution in [0.2, 0.25) is 0 Å². The minimum atomic E-state index is -0.322. The third kappa shape index (κ3) is 4.88. The molecule has 1 aromatic heterocycles. The Kier molecular flexibility index (Phi) is 6.57. The van der Waals surface area contributed by atoms with Crippen LogP contribution in [0.5, 0.6) is 0 Å². The van der Waals surface area contributed by atoms with Crippen LogP contribution in [-0.4, -0.2) is 53.9 Å². The molecule has 0 saturated carbocycles. The minimum Gasteiger partial charge on any atom is -0.308 e. The lowest BCUT2D eigenvalue weighted by atomic mass is 10.2. The Morgan fingerprint density at radius 2 is 2.15 bits per heavy atom. The fourth-order valence-electron chi connectivity index (χ4n) is 2.17. The molecule has 0 aliphatic rings. The zero-order valence-corrected chi connectivity index (χ0v) is 12.8. The lowest BCUT2D eigenvalue weighted by Gasteiger charge is -2.29. The van der Waals surface area contributed by atoms with Crippen LogP contribution in [0.4, 0.5) is 0 Å². The first-order valence-electron chi connectivity index (χ1n) is 6.82. The predicted octanol–water partition coefficient (Wildman–Crippen LogP) is 0.457. The number of nitrogen functional groups attached to an aromatic ring is 1. The highest BCUT2D eigenvalue weighted by Crippen LogP contribution is 2.08. The van der Waals surface area contributed by atoms with Gasteiger partial charge in [-0.05, 0) is 39.7 Å². The molecule has 0 aliphatic heterocycles. The molecule has 20 heavy (non-hydrogen) atoms. The van der Waals surface area contributed by atoms with Crippen molar-refractivity contribution < 1.29 is 4.79 Å². The van der Waals surface area contributed by atoms with Crippen molar-refractivity contribution >= 4 is 5.91 Å². The summed E-state index contributed by atoms with van der Waals surface area (Å²) in [5.74, 6) is 4.77. The van der Waals surface area contributed by atoms with E-state index in [1.54, 1.807) is 12.3 Å². The molecule has 0 saturated heterocycles. The molecule has 3 N–H and O–H groups in total. The van der Waals surface area contributed by atoms with Crippen LogP contribution in [-0.2, 0) is 6.54 Å². The van der Waals surface area contributed by atoms with Crippen molar-refractivity contribution in [3.63, 3.8) is 0 Å². The molecular formula is C14H25N5O. The Morgan fingerprint density at radius 1 is 1.45 bits per heavy atom. The molecule has 6 nitrogen and oxygen atoms in total. The lowest BCUT2D eigenvalue weighted by Crippen LogP contribution is -2.39. The molecule has 0 aliphatic carbocycles. The van der Waals surface area contributed by atoms with Crippen LogP contribution in [0, 0.1) is 0 Å². The highest BCUT2D eigenvalue weighted by Gasteiger charge is 2.14. The standard InChI is InChI=1S/C14H25N5O/c1-5-19(11(2)9-18(3)4)10-13-7-6-12(8-16-13)14(20)17-15/h6-8,11H,5,9-10,15H2,1-4H3,(H,17,20). The van der Waals surface area contributed by atoms with Crippen LogP contribution < -0.4 is 11.3 Å². The van der Waals surface area contributed by atoms with Gasteiger partial charge in [-0.3, -0.25) is 20.1 Å². The van der Waals surface area contributed by atoms with Crippen molar-refractivity contribution in [2.45, 2.75) is 26.4 Å². The molecule has 1 atom stereocenters. The van der Waals surface area contributed by atoms with Gasteiger partial charge in [0.2, 0.25) is 0 Å². The second-order valence-corrected chi connectivity index (χ2v) is 5.19. The van der Waals surface area contributed by atoms with Crippen molar-refractivity contribution in [1.82, 2.24) is 20.2 Å². The van der Waals surface area contributed by atoms with E-state index in [0.29, 0.717) is 11.6 Å². The van der Waals surface area contributed by atoms with Gasteiger partial charge < -0.3 is 4.90 Å². The lowest BCUT2D eigenvalue weighted by molar-refractivity contribution is 0.0953. The quantitative estimate of drug-likeness (QED) is 0.431. The van der Waals surface area contributed by atoms with Gasteiger partial charge in [-0.25, -0.2) is 5.84 Å². The van der Waals surface area contributed by atoms with Gasteiger partial charge in [-0.2, -0.15) is 0 Å². The van der Waals surface area contributed by atoms with Crippen LogP contribution in [0.25, 0.3) is 0 Å². The number of likely N-dealkylation sites (N-methyl/N-ethyl adjacent to an activating group) is 2. The number of nitrogens with two attached hydrogens (primary N) is 1. The molecule has 0 fully saturated rings. The van der Waals surface area contributed by atoms with Gasteiger partial charge in [-0.1, -0.05) is 6.92 Å². The third-order valence-electron chi connectivity index (χ3n) is 3.24. The molecule has 0 radical (unpaired) electrons. The van der Waals surface area contributed by atoms with E-state index in [0.717, 1.165) is 25.3 Å². The van der Waals surface area contributed by atoms with Crippen molar-refractivity contribution in [2.75, 3.05) is 27.2 Å². The van der Waals surface area contributed by atoms with E-state index in [1.165, 1.54) is 0 Å². The number of pyridine rings is 1. The molecule has 0 spiro atoms. The van der Waals surface area contributed by atoms with Gasteiger partial charge in [0.1, 0.15) is 0 Å². The average Bonchev–Trinajstić information content (AvgIpc) is 2.43. The Bertz CT molecular complexity index is 418. The predicted molar refractivity (Wildman–Crippen MR) is 80.0 cm³/mol. The second-order valence-electron chi connectivity index (χ2n) is 5.19. The van der Waals surface area contributed by atoms with Gasteiger partial charge in [0.15, 0.2) is 0 Å². The van der Waals surface area contributed by atoms with Crippen molar-refractivity contribution in [1.29, 1.82) is 0 Å². The number of nitrogens with zero attached hydrogens (tertiary/aromatic N) is 3. The summed E-state index contributed by atoms with van der Waals surface area (Å²) in [6.45, 7) is 7.08. The third-order valence-corrected chi connectivity index (χ3v) is 3.24. The number of carbonyl (C=O) groups is 1. The first kappa shape index (κ1) is 16.6. The molecule has 1 amide bonds. The average molecular weight is 279 g/mol. The van der Waals surface area contributed by atoms with E-state index in [9.17, 15) is 4.79 Å². The summed E-state index contributed by atoms with van der Waals surface area (Å²) in [6, 6.07) is 4.06. The van der Waals surface area contributed by atoms with Crippen LogP contribution in [0.3, 0.4) is 0 Å². The van der Waals surface area contributed by atoms with Crippen LogP contribution in [0.15, 0.2) is 18.3 Å². The summed E-state index contributed by atoms with van der Waals surface area (Å²) in [7, 11) is 4.14. The first-order valence-corrected chi connectivity index (χ1v) is 6.82. The molecule has 6 heteroatoms. The molecule has 0 aromatic carbocycles. The van der Waals surface area contributed by atoms with Crippen LogP contribution in [0.1, 0.15) is 29.9 Å². The van der Waals surface area contributed by atoms with Gasteiger partial charge in [-0.15, -0.1) is 0 Å². The highest BCUT2D eigenvalue weighted by atomic mass is 16.2. The largest absolute Gasteiger partial charge is 0.308 e. The van der Waals surface area contributed by atoms with E-state index in [4.69, 9.17) is 5.84 Å². The van der Waals surface area contributed by atoms with Gasteiger partial charge in [0.25, 0.3) is 5.91 Å². The zero-order chi connectivity index (χ0) is 15.1. The number of aromatic nitrogens is 1. The van der Waals surface area contributed by atoms with Gasteiger partial charge in [0, 0.05) is 25.3 Å². The summed E-state index contributed by atoms with van der Waals surface area (Å²) < 4.78 is 0. The molecule has 0 bridgehead atoms. The number of hydrogen-bond acceptors (Lipinski definition) is 5. The Hall–Kier alpha value is -1.50. The fourth-order valence-corrected chi connectivity index (χ4v) is 2.17. The minimum absolute atomic E-state index is 0.322. The topological polar surface area (TPSA) is 74.5 Å².